The van der Waals surface area contributed by atoms with Gasteiger partial charge < -0.3 is 9.47 Å². The second-order valence-electron chi connectivity index (χ2n) is 9.52. The minimum absolute atomic E-state index is 0.0668. The molecule has 0 saturated carbocycles. The molecule has 1 atom stereocenters. The summed E-state index contributed by atoms with van der Waals surface area (Å²) < 4.78 is 15.2. The predicted molar refractivity (Wildman–Crippen MR) is 149 cm³/mol. The molecule has 0 bridgehead atoms. The van der Waals surface area contributed by atoms with Crippen LogP contribution in [-0.4, -0.2) is 38.1 Å². The zero-order valence-electron chi connectivity index (χ0n) is 21.0. The van der Waals surface area contributed by atoms with Gasteiger partial charge in [0.1, 0.15) is 10.6 Å². The van der Waals surface area contributed by atoms with Gasteiger partial charge in [-0.1, -0.05) is 55.9 Å². The normalized spacial score (nSPS) is 15.5. The Balaban J connectivity index is 1.52. The molecule has 9 heteroatoms. The smallest absolute Gasteiger partial charge is 0.268 e. The zero-order chi connectivity index (χ0) is 25.5. The van der Waals surface area contributed by atoms with Gasteiger partial charge in [-0.15, -0.1) is 21.5 Å². The second-order valence-corrected chi connectivity index (χ2v) is 11.7. The highest BCUT2D eigenvalue weighted by Gasteiger charge is 2.30. The average molecular weight is 533 g/mol. The standard InChI is InChI=1S/C28H28N4O3S2/c1-17(2)22-15-21-23(16-35-22)37-26-24(21)25(33)31(19-9-11-20(34-3)12-10-19)27-29-30-28(32(26)27)36-14-13-18-7-5-4-6-8-18/h4-12,17,22H,13-16H2,1-3H3. The molecule has 5 aromatic rings. The summed E-state index contributed by atoms with van der Waals surface area (Å²) in [7, 11) is 1.63. The molecule has 2 aromatic carbocycles. The van der Waals surface area contributed by atoms with Gasteiger partial charge >= 0.3 is 0 Å². The van der Waals surface area contributed by atoms with Crippen LogP contribution in [0.25, 0.3) is 21.7 Å². The van der Waals surface area contributed by atoms with Crippen molar-refractivity contribution in [2.75, 3.05) is 12.9 Å². The van der Waals surface area contributed by atoms with Gasteiger partial charge in [0.2, 0.25) is 5.78 Å². The van der Waals surface area contributed by atoms with Crippen LogP contribution in [0.15, 0.2) is 64.5 Å². The molecular weight excluding hydrogens is 504 g/mol. The summed E-state index contributed by atoms with van der Waals surface area (Å²) in [5.74, 6) is 2.48. The van der Waals surface area contributed by atoms with Crippen molar-refractivity contribution in [3.63, 3.8) is 0 Å². The van der Waals surface area contributed by atoms with E-state index in [2.05, 4.69) is 52.7 Å². The third kappa shape index (κ3) is 4.35. The van der Waals surface area contributed by atoms with Crippen LogP contribution in [0.2, 0.25) is 0 Å². The van der Waals surface area contributed by atoms with Crippen LogP contribution in [-0.2, 0) is 24.2 Å². The summed E-state index contributed by atoms with van der Waals surface area (Å²) in [5, 5.41) is 10.6. The maximum absolute atomic E-state index is 14.1. The first-order valence-corrected chi connectivity index (χ1v) is 14.2. The van der Waals surface area contributed by atoms with E-state index in [4.69, 9.17) is 9.47 Å². The SMILES string of the molecule is COc1ccc(-n2c(=O)c3c4c(sc3n3c(SCCc5ccccc5)nnc23)COC(C(C)C)C4)cc1. The van der Waals surface area contributed by atoms with Crippen molar-refractivity contribution in [3.8, 4) is 11.4 Å². The van der Waals surface area contributed by atoms with E-state index < -0.39 is 0 Å². The fourth-order valence-electron chi connectivity index (χ4n) is 4.83. The molecule has 190 valence electrons. The van der Waals surface area contributed by atoms with Gasteiger partial charge in [0.05, 0.1) is 30.9 Å². The Bertz CT molecular complexity index is 1620. The number of fused-ring (bicyclic) bond motifs is 5. The Morgan fingerprint density at radius 1 is 1.14 bits per heavy atom. The van der Waals surface area contributed by atoms with Crippen LogP contribution in [0.1, 0.15) is 29.9 Å². The Morgan fingerprint density at radius 2 is 1.92 bits per heavy atom. The molecule has 0 fully saturated rings. The van der Waals surface area contributed by atoms with E-state index in [1.165, 1.54) is 5.56 Å². The lowest BCUT2D eigenvalue weighted by molar-refractivity contribution is 0.00200. The summed E-state index contributed by atoms with van der Waals surface area (Å²) in [6, 6.07) is 17.9. The highest BCUT2D eigenvalue weighted by molar-refractivity contribution is 7.99. The Hall–Kier alpha value is -3.14. The molecule has 0 spiro atoms. The van der Waals surface area contributed by atoms with Gasteiger partial charge in [0, 0.05) is 17.1 Å². The molecular formula is C28H28N4O3S2. The summed E-state index contributed by atoms with van der Waals surface area (Å²) in [6.07, 6.45) is 1.75. The number of benzene rings is 2. The second kappa shape index (κ2) is 9.96. The zero-order valence-corrected chi connectivity index (χ0v) is 22.6. The van der Waals surface area contributed by atoms with E-state index in [1.807, 2.05) is 30.3 Å². The molecule has 0 amide bonds. The molecule has 1 aliphatic heterocycles. The van der Waals surface area contributed by atoms with Crippen molar-refractivity contribution in [2.24, 2.45) is 5.92 Å². The van der Waals surface area contributed by atoms with E-state index in [-0.39, 0.29) is 11.7 Å². The lowest BCUT2D eigenvalue weighted by atomic mass is 9.96. The maximum Gasteiger partial charge on any atom is 0.268 e. The van der Waals surface area contributed by atoms with Crippen LogP contribution in [0.3, 0.4) is 0 Å². The van der Waals surface area contributed by atoms with Crippen molar-refractivity contribution in [2.45, 2.75) is 44.6 Å². The van der Waals surface area contributed by atoms with Crippen molar-refractivity contribution in [3.05, 3.63) is 81.0 Å². The van der Waals surface area contributed by atoms with Crippen LogP contribution in [0.4, 0.5) is 0 Å². The molecule has 0 aliphatic carbocycles. The van der Waals surface area contributed by atoms with E-state index in [0.29, 0.717) is 18.3 Å². The number of rotatable bonds is 7. The van der Waals surface area contributed by atoms with Gasteiger partial charge in [0.15, 0.2) is 5.16 Å². The molecule has 1 unspecified atom stereocenters. The monoisotopic (exact) mass is 532 g/mol. The highest BCUT2D eigenvalue weighted by Crippen LogP contribution is 2.37. The van der Waals surface area contributed by atoms with Crippen molar-refractivity contribution >= 4 is 39.1 Å². The molecule has 37 heavy (non-hydrogen) atoms. The summed E-state index contributed by atoms with van der Waals surface area (Å²) >= 11 is 3.29. The minimum atomic E-state index is -0.0668. The van der Waals surface area contributed by atoms with E-state index in [9.17, 15) is 4.79 Å². The van der Waals surface area contributed by atoms with E-state index in [0.717, 1.165) is 55.8 Å². The lowest BCUT2D eigenvalue weighted by Gasteiger charge is -2.26. The van der Waals surface area contributed by atoms with Crippen molar-refractivity contribution in [1.82, 2.24) is 19.2 Å². The molecule has 0 radical (unpaired) electrons. The highest BCUT2D eigenvalue weighted by atomic mass is 32.2. The first-order valence-electron chi connectivity index (χ1n) is 12.4. The predicted octanol–water partition coefficient (Wildman–Crippen LogP) is 5.54. The molecule has 6 rings (SSSR count). The summed E-state index contributed by atoms with van der Waals surface area (Å²) in [5.41, 5.74) is 3.06. The fraction of sp³-hybridized carbons (Fsp3) is 0.321. The number of hydrogen-bond acceptors (Lipinski definition) is 7. The molecule has 3 aromatic heterocycles. The number of aromatic nitrogens is 4. The number of thioether (sulfide) groups is 1. The number of ether oxygens (including phenoxy) is 2. The lowest BCUT2D eigenvalue weighted by Crippen LogP contribution is -2.28. The minimum Gasteiger partial charge on any atom is -0.497 e. The summed E-state index contributed by atoms with van der Waals surface area (Å²) in [4.78, 5) is 16.1. The largest absolute Gasteiger partial charge is 0.497 e. The van der Waals surface area contributed by atoms with Gasteiger partial charge in [0.25, 0.3) is 5.56 Å². The number of aryl methyl sites for hydroxylation is 1. The Labute approximate surface area is 223 Å². The van der Waals surface area contributed by atoms with Gasteiger partial charge in [-0.3, -0.25) is 4.79 Å². The molecule has 0 N–H and O–H groups in total. The van der Waals surface area contributed by atoms with E-state index >= 15 is 0 Å². The maximum atomic E-state index is 14.1. The first kappa shape index (κ1) is 24.2. The summed E-state index contributed by atoms with van der Waals surface area (Å²) in [6.45, 7) is 4.86. The van der Waals surface area contributed by atoms with Crippen LogP contribution in [0, 0.1) is 5.92 Å². The molecule has 4 heterocycles. The number of thiophene rings is 1. The van der Waals surface area contributed by atoms with Crippen LogP contribution >= 0.6 is 23.1 Å². The molecule has 1 aliphatic rings. The Morgan fingerprint density at radius 3 is 2.65 bits per heavy atom. The van der Waals surface area contributed by atoms with Crippen molar-refractivity contribution in [1.29, 1.82) is 0 Å². The van der Waals surface area contributed by atoms with Gasteiger partial charge in [-0.2, -0.15) is 0 Å². The first-order chi connectivity index (χ1) is 18.0. The number of nitrogens with zero attached hydrogens (tertiary/aromatic N) is 4. The average Bonchev–Trinajstić information content (AvgIpc) is 3.51. The van der Waals surface area contributed by atoms with Gasteiger partial charge in [-0.05, 0) is 47.7 Å². The van der Waals surface area contributed by atoms with Crippen LogP contribution in [0.5, 0.6) is 5.75 Å². The quantitative estimate of drug-likeness (QED) is 0.257. The van der Waals surface area contributed by atoms with Crippen LogP contribution < -0.4 is 10.3 Å². The van der Waals surface area contributed by atoms with Crippen molar-refractivity contribution < 1.29 is 9.47 Å². The third-order valence-corrected chi connectivity index (χ3v) is 9.00. The molecule has 0 saturated heterocycles. The number of methoxy groups -OCH3 is 1. The number of hydrogen-bond donors (Lipinski definition) is 0. The third-order valence-electron chi connectivity index (χ3n) is 6.88. The van der Waals surface area contributed by atoms with E-state index in [1.54, 1.807) is 34.8 Å². The molecule has 7 nitrogen and oxygen atoms in total. The fourth-order valence-corrected chi connectivity index (χ4v) is 7.05. The Kier molecular flexibility index (Phi) is 6.52. The van der Waals surface area contributed by atoms with Gasteiger partial charge in [-0.25, -0.2) is 8.97 Å². The topological polar surface area (TPSA) is 70.7 Å².